The Hall–Kier alpha value is -1.89. The van der Waals surface area contributed by atoms with Gasteiger partial charge in [-0.2, -0.15) is 0 Å². The normalized spacial score (nSPS) is 10.2. The Labute approximate surface area is 102 Å². The molecule has 0 saturated heterocycles. The van der Waals surface area contributed by atoms with Crippen molar-refractivity contribution >= 4 is 17.6 Å². The number of aromatic amines is 1. The van der Waals surface area contributed by atoms with Crippen molar-refractivity contribution in [1.29, 1.82) is 0 Å². The Bertz CT molecular complexity index is 556. The average molecular weight is 249 g/mol. The van der Waals surface area contributed by atoms with Crippen LogP contribution in [0.15, 0.2) is 39.6 Å². The zero-order valence-electron chi connectivity index (χ0n) is 9.17. The third-order valence-corrected chi connectivity index (χ3v) is 2.68. The number of aromatic nitrogens is 4. The van der Waals surface area contributed by atoms with Gasteiger partial charge in [0.25, 0.3) is 5.56 Å². The van der Waals surface area contributed by atoms with Gasteiger partial charge in [-0.05, 0) is 18.7 Å². The highest BCUT2D eigenvalue weighted by atomic mass is 32.2. The molecule has 2 heterocycles. The molecule has 2 rings (SSSR count). The summed E-state index contributed by atoms with van der Waals surface area (Å²) < 4.78 is 0. The summed E-state index contributed by atoms with van der Waals surface area (Å²) in [5, 5.41) is 4.33. The number of hydrogen-bond donors (Lipinski definition) is 2. The Morgan fingerprint density at radius 3 is 3.06 bits per heavy atom. The van der Waals surface area contributed by atoms with Crippen molar-refractivity contribution in [1.82, 2.24) is 19.9 Å². The molecule has 0 amide bonds. The molecule has 0 saturated carbocycles. The quantitative estimate of drug-likeness (QED) is 0.624. The largest absolute Gasteiger partial charge is 0.370 e. The Morgan fingerprint density at radius 2 is 2.29 bits per heavy atom. The fraction of sp³-hybridized carbons (Fsp3) is 0.200. The van der Waals surface area contributed by atoms with Gasteiger partial charge in [-0.25, -0.2) is 15.0 Å². The van der Waals surface area contributed by atoms with Crippen molar-refractivity contribution in [3.63, 3.8) is 0 Å². The molecule has 0 aliphatic carbocycles. The SMILES string of the molecule is CCNc1cc(Sc2nccc(=O)[nH]2)ncn1. The number of nitrogens with one attached hydrogen (secondary N) is 2. The van der Waals surface area contributed by atoms with E-state index in [1.54, 1.807) is 6.07 Å². The lowest BCUT2D eigenvalue weighted by Crippen LogP contribution is -2.05. The van der Waals surface area contributed by atoms with Crippen molar-refractivity contribution in [2.24, 2.45) is 0 Å². The fourth-order valence-electron chi connectivity index (χ4n) is 1.18. The molecule has 88 valence electrons. The van der Waals surface area contributed by atoms with E-state index in [0.29, 0.717) is 5.16 Å². The highest BCUT2D eigenvalue weighted by Gasteiger charge is 2.02. The van der Waals surface area contributed by atoms with Gasteiger partial charge < -0.3 is 10.3 Å². The van der Waals surface area contributed by atoms with Crippen molar-refractivity contribution in [3.8, 4) is 0 Å². The van der Waals surface area contributed by atoms with Gasteiger partial charge in [-0.1, -0.05) is 0 Å². The molecule has 6 nitrogen and oxygen atoms in total. The van der Waals surface area contributed by atoms with Crippen LogP contribution in [0.5, 0.6) is 0 Å². The van der Waals surface area contributed by atoms with E-state index in [2.05, 4.69) is 25.3 Å². The highest BCUT2D eigenvalue weighted by Crippen LogP contribution is 2.22. The van der Waals surface area contributed by atoms with Crippen molar-refractivity contribution in [2.75, 3.05) is 11.9 Å². The van der Waals surface area contributed by atoms with E-state index in [0.717, 1.165) is 17.4 Å². The maximum Gasteiger partial charge on any atom is 0.251 e. The number of hydrogen-bond acceptors (Lipinski definition) is 6. The molecule has 0 bridgehead atoms. The van der Waals surface area contributed by atoms with Crippen LogP contribution in [0.3, 0.4) is 0 Å². The molecule has 0 aliphatic rings. The summed E-state index contributed by atoms with van der Waals surface area (Å²) in [4.78, 5) is 25.9. The first kappa shape index (κ1) is 11.6. The molecule has 2 N–H and O–H groups in total. The first-order valence-corrected chi connectivity index (χ1v) is 5.88. The molecule has 0 aliphatic heterocycles. The molecule has 2 aromatic rings. The van der Waals surface area contributed by atoms with Crippen LogP contribution < -0.4 is 10.9 Å². The first-order chi connectivity index (χ1) is 8.28. The van der Waals surface area contributed by atoms with Gasteiger partial charge in [0.2, 0.25) is 0 Å². The molecule has 0 unspecified atom stereocenters. The fourth-order valence-corrected chi connectivity index (χ4v) is 1.91. The van der Waals surface area contributed by atoms with Gasteiger partial charge in [0, 0.05) is 24.9 Å². The molecular formula is C10H11N5OS. The first-order valence-electron chi connectivity index (χ1n) is 5.07. The van der Waals surface area contributed by atoms with Crippen LogP contribution in [0, 0.1) is 0 Å². The van der Waals surface area contributed by atoms with Gasteiger partial charge in [-0.3, -0.25) is 4.79 Å². The third kappa shape index (κ3) is 3.28. The highest BCUT2D eigenvalue weighted by molar-refractivity contribution is 7.99. The molecule has 2 aromatic heterocycles. The molecule has 0 aromatic carbocycles. The summed E-state index contributed by atoms with van der Waals surface area (Å²) in [6.07, 6.45) is 2.94. The van der Waals surface area contributed by atoms with Crippen molar-refractivity contribution in [3.05, 3.63) is 35.0 Å². The summed E-state index contributed by atoms with van der Waals surface area (Å²) in [5.41, 5.74) is -0.177. The van der Waals surface area contributed by atoms with Gasteiger partial charge in [0.15, 0.2) is 5.16 Å². The Kier molecular flexibility index (Phi) is 3.71. The van der Waals surface area contributed by atoms with Crippen LogP contribution in [-0.4, -0.2) is 26.5 Å². The number of anilines is 1. The van der Waals surface area contributed by atoms with E-state index in [9.17, 15) is 4.79 Å². The topological polar surface area (TPSA) is 83.6 Å². The van der Waals surface area contributed by atoms with Crippen LogP contribution >= 0.6 is 11.8 Å². The van der Waals surface area contributed by atoms with E-state index in [4.69, 9.17) is 0 Å². The second-order valence-electron chi connectivity index (χ2n) is 3.11. The summed E-state index contributed by atoms with van der Waals surface area (Å²) >= 11 is 1.28. The molecule has 0 atom stereocenters. The lowest BCUT2D eigenvalue weighted by atomic mass is 10.5. The number of H-pyrrole nitrogens is 1. The molecule has 0 fully saturated rings. The summed E-state index contributed by atoms with van der Waals surface area (Å²) in [6, 6.07) is 3.18. The minimum atomic E-state index is -0.177. The minimum Gasteiger partial charge on any atom is -0.370 e. The Balaban J connectivity index is 2.18. The minimum absolute atomic E-state index is 0.177. The Morgan fingerprint density at radius 1 is 1.41 bits per heavy atom. The number of nitrogens with zero attached hydrogens (tertiary/aromatic N) is 3. The number of rotatable bonds is 4. The summed E-state index contributed by atoms with van der Waals surface area (Å²) in [6.45, 7) is 2.78. The summed E-state index contributed by atoms with van der Waals surface area (Å²) in [5.74, 6) is 0.753. The van der Waals surface area contributed by atoms with Crippen LogP contribution in [0.1, 0.15) is 6.92 Å². The molecule has 0 radical (unpaired) electrons. The molecule has 7 heteroatoms. The van der Waals surface area contributed by atoms with E-state index in [1.807, 2.05) is 6.92 Å². The average Bonchev–Trinajstić information content (AvgIpc) is 2.30. The van der Waals surface area contributed by atoms with Crippen LogP contribution in [0.2, 0.25) is 0 Å². The lowest BCUT2D eigenvalue weighted by molar-refractivity contribution is 0.928. The maximum absolute atomic E-state index is 11.1. The van der Waals surface area contributed by atoms with E-state index >= 15 is 0 Å². The van der Waals surface area contributed by atoms with Gasteiger partial charge >= 0.3 is 0 Å². The second kappa shape index (κ2) is 5.44. The summed E-state index contributed by atoms with van der Waals surface area (Å²) in [7, 11) is 0. The predicted octanol–water partition coefficient (Wildman–Crippen LogP) is 1.14. The van der Waals surface area contributed by atoms with Crippen LogP contribution in [0.4, 0.5) is 5.82 Å². The third-order valence-electron chi connectivity index (χ3n) is 1.85. The second-order valence-corrected chi connectivity index (χ2v) is 4.12. The monoisotopic (exact) mass is 249 g/mol. The molecule has 0 spiro atoms. The van der Waals surface area contributed by atoms with Gasteiger partial charge in [-0.15, -0.1) is 0 Å². The lowest BCUT2D eigenvalue weighted by Gasteiger charge is -2.03. The van der Waals surface area contributed by atoms with Crippen molar-refractivity contribution < 1.29 is 0 Å². The van der Waals surface area contributed by atoms with Crippen molar-refractivity contribution in [2.45, 2.75) is 17.1 Å². The van der Waals surface area contributed by atoms with Crippen LogP contribution in [0.25, 0.3) is 0 Å². The van der Waals surface area contributed by atoms with E-state index < -0.39 is 0 Å². The van der Waals surface area contributed by atoms with E-state index in [1.165, 1.54) is 30.4 Å². The van der Waals surface area contributed by atoms with Crippen LogP contribution in [-0.2, 0) is 0 Å². The smallest absolute Gasteiger partial charge is 0.251 e. The maximum atomic E-state index is 11.1. The molecule has 17 heavy (non-hydrogen) atoms. The zero-order valence-corrected chi connectivity index (χ0v) is 9.99. The molecular weight excluding hydrogens is 238 g/mol. The van der Waals surface area contributed by atoms with Gasteiger partial charge in [0.05, 0.1) is 0 Å². The standard InChI is InChI=1S/C10H11N5OS/c1-2-11-7-5-9(14-6-13-7)17-10-12-4-3-8(16)15-10/h3-6H,2H2,1H3,(H,11,13,14)(H,12,15,16). The van der Waals surface area contributed by atoms with E-state index in [-0.39, 0.29) is 5.56 Å². The zero-order chi connectivity index (χ0) is 12.1. The van der Waals surface area contributed by atoms with Gasteiger partial charge in [0.1, 0.15) is 17.2 Å². The predicted molar refractivity (Wildman–Crippen MR) is 65.2 cm³/mol.